The summed E-state index contributed by atoms with van der Waals surface area (Å²) in [7, 11) is -4.02. The van der Waals surface area contributed by atoms with E-state index in [4.69, 9.17) is 4.55 Å². The van der Waals surface area contributed by atoms with Crippen molar-refractivity contribution in [3.63, 3.8) is 0 Å². The molecule has 0 amide bonds. The Hall–Kier alpha value is -2.58. The van der Waals surface area contributed by atoms with Gasteiger partial charge < -0.3 is 0 Å². The molecule has 5 nitrogen and oxygen atoms in total. The maximum Gasteiger partial charge on any atom is 0.294 e. The van der Waals surface area contributed by atoms with Crippen LogP contribution in [0.3, 0.4) is 0 Å². The topological polar surface area (TPSA) is 60.9 Å². The maximum atomic E-state index is 13.4. The Kier molecular flexibility index (Phi) is 8.34. The minimum atomic E-state index is -4.02. The van der Waals surface area contributed by atoms with E-state index >= 15 is 0 Å². The largest absolute Gasteiger partial charge is 0.298 e. The Balaban J connectivity index is 0.000000221. The van der Waals surface area contributed by atoms with Gasteiger partial charge in [0.2, 0.25) is 0 Å². The van der Waals surface area contributed by atoms with Gasteiger partial charge in [-0.3, -0.25) is 14.4 Å². The first-order valence-corrected chi connectivity index (χ1v) is 13.5. The lowest BCUT2D eigenvalue weighted by Gasteiger charge is -2.50. The van der Waals surface area contributed by atoms with E-state index in [1.165, 1.54) is 23.3 Å². The maximum absolute atomic E-state index is 13.4. The van der Waals surface area contributed by atoms with Crippen LogP contribution in [0.4, 0.5) is 4.39 Å². The van der Waals surface area contributed by atoms with E-state index in [1.54, 1.807) is 12.1 Å². The lowest BCUT2D eigenvalue weighted by atomic mass is 9.92. The van der Waals surface area contributed by atoms with Crippen molar-refractivity contribution in [1.82, 2.24) is 9.80 Å². The molecular formula is C28H33FN2O3S. The van der Waals surface area contributed by atoms with Crippen molar-refractivity contribution in [3.8, 4) is 0 Å². The van der Waals surface area contributed by atoms with E-state index in [-0.39, 0.29) is 4.90 Å². The molecule has 0 aliphatic carbocycles. The van der Waals surface area contributed by atoms with Crippen LogP contribution in [0.5, 0.6) is 0 Å². The molecule has 2 aliphatic heterocycles. The van der Waals surface area contributed by atoms with Crippen molar-refractivity contribution in [2.45, 2.75) is 42.9 Å². The summed E-state index contributed by atoms with van der Waals surface area (Å²) in [5.74, 6) is 0. The van der Waals surface area contributed by atoms with Gasteiger partial charge in [-0.2, -0.15) is 8.42 Å². The number of nitrogens with zero attached hydrogens (tertiary/aromatic N) is 2. The van der Waals surface area contributed by atoms with Crippen LogP contribution in [0.25, 0.3) is 0 Å². The molecule has 7 heteroatoms. The van der Waals surface area contributed by atoms with Gasteiger partial charge in [-0.25, -0.2) is 4.39 Å². The quantitative estimate of drug-likeness (QED) is 0.496. The molecule has 0 spiro atoms. The third-order valence-corrected chi connectivity index (χ3v) is 7.65. The van der Waals surface area contributed by atoms with E-state index in [2.05, 4.69) is 70.5 Å². The van der Waals surface area contributed by atoms with Crippen LogP contribution in [-0.4, -0.2) is 61.2 Å². The zero-order valence-corrected chi connectivity index (χ0v) is 20.8. The summed E-state index contributed by atoms with van der Waals surface area (Å²) >= 11 is 0. The van der Waals surface area contributed by atoms with E-state index in [0.29, 0.717) is 24.9 Å². The zero-order chi connectivity index (χ0) is 24.8. The molecule has 5 rings (SSSR count). The Labute approximate surface area is 208 Å². The van der Waals surface area contributed by atoms with Crippen LogP contribution in [0.1, 0.15) is 35.6 Å². The zero-order valence-electron chi connectivity index (χ0n) is 20.0. The molecule has 0 bridgehead atoms. The molecule has 3 aromatic carbocycles. The first-order chi connectivity index (χ1) is 16.8. The van der Waals surface area contributed by atoms with E-state index in [9.17, 15) is 12.8 Å². The highest BCUT2D eigenvalue weighted by atomic mass is 32.2. The van der Waals surface area contributed by atoms with Crippen molar-refractivity contribution >= 4 is 10.1 Å². The van der Waals surface area contributed by atoms with Gasteiger partial charge in [0, 0.05) is 32.2 Å². The van der Waals surface area contributed by atoms with Gasteiger partial charge in [0.05, 0.1) is 10.9 Å². The number of benzene rings is 3. The summed E-state index contributed by atoms with van der Waals surface area (Å²) in [4.78, 5) is 4.97. The molecule has 186 valence electrons. The number of likely N-dealkylation sites (tertiary alicyclic amines) is 2. The molecule has 0 aromatic heterocycles. The standard InChI is InChI=1S/C21H25FN2.C7H8O3S/c22-19-11-13-23(14-12-19)20-15-24(16-20)21(17-7-3-1-4-8-17)18-9-5-2-6-10-18;1-6-2-4-7(5-3-6)11(8,9)10/h1-10,19-21H,11-16H2;2-5H,1H3,(H,8,9,10). The second-order valence-corrected chi connectivity index (χ2v) is 10.8. The fraction of sp³-hybridized carbons (Fsp3) is 0.357. The molecule has 2 aliphatic rings. The summed E-state index contributed by atoms with van der Waals surface area (Å²) in [5, 5.41) is 0. The average Bonchev–Trinajstić information content (AvgIpc) is 2.83. The average molecular weight is 497 g/mol. The summed E-state index contributed by atoms with van der Waals surface area (Å²) in [6, 6.07) is 28.4. The van der Waals surface area contributed by atoms with Crippen LogP contribution >= 0.6 is 0 Å². The van der Waals surface area contributed by atoms with Crippen molar-refractivity contribution < 1.29 is 17.4 Å². The normalized spacial score (nSPS) is 18.1. The van der Waals surface area contributed by atoms with Crippen LogP contribution in [0.15, 0.2) is 89.8 Å². The third-order valence-electron chi connectivity index (χ3n) is 6.78. The van der Waals surface area contributed by atoms with Crippen molar-refractivity contribution in [1.29, 1.82) is 0 Å². The molecule has 2 fully saturated rings. The fourth-order valence-corrected chi connectivity index (χ4v) is 5.24. The van der Waals surface area contributed by atoms with E-state index in [0.717, 1.165) is 31.7 Å². The molecule has 0 unspecified atom stereocenters. The van der Waals surface area contributed by atoms with Crippen LogP contribution in [0, 0.1) is 6.92 Å². The Bertz CT molecular complexity index is 1120. The smallest absolute Gasteiger partial charge is 0.294 e. The number of hydrogen-bond acceptors (Lipinski definition) is 4. The van der Waals surface area contributed by atoms with Crippen molar-refractivity contribution in [2.75, 3.05) is 26.2 Å². The predicted octanol–water partition coefficient (Wildman–Crippen LogP) is 5.14. The lowest BCUT2D eigenvalue weighted by molar-refractivity contribution is -0.00514. The molecular weight excluding hydrogens is 463 g/mol. The van der Waals surface area contributed by atoms with E-state index < -0.39 is 16.3 Å². The number of piperidine rings is 1. The highest BCUT2D eigenvalue weighted by Gasteiger charge is 2.38. The first-order valence-electron chi connectivity index (χ1n) is 12.1. The minimum Gasteiger partial charge on any atom is -0.298 e. The van der Waals surface area contributed by atoms with Crippen LogP contribution in [-0.2, 0) is 10.1 Å². The SMILES string of the molecule is Cc1ccc(S(=O)(=O)O)cc1.FC1CCN(C2CN(C(c3ccccc3)c3ccccc3)C2)CC1. The number of halogens is 1. The highest BCUT2D eigenvalue weighted by Crippen LogP contribution is 2.34. The molecule has 3 aromatic rings. The van der Waals surface area contributed by atoms with Crippen molar-refractivity contribution in [2.24, 2.45) is 0 Å². The second-order valence-electron chi connectivity index (χ2n) is 9.33. The van der Waals surface area contributed by atoms with Gasteiger partial charge in [-0.1, -0.05) is 78.4 Å². The number of hydrogen-bond donors (Lipinski definition) is 1. The number of aryl methyl sites for hydroxylation is 1. The highest BCUT2D eigenvalue weighted by molar-refractivity contribution is 7.85. The fourth-order valence-electron chi connectivity index (χ4n) is 4.76. The van der Waals surface area contributed by atoms with Crippen molar-refractivity contribution in [3.05, 3.63) is 102 Å². The Morgan fingerprint density at radius 1 is 0.829 bits per heavy atom. The molecule has 2 heterocycles. The predicted molar refractivity (Wildman–Crippen MR) is 137 cm³/mol. The molecule has 1 N–H and O–H groups in total. The summed E-state index contributed by atoms with van der Waals surface area (Å²) in [6.45, 7) is 5.83. The van der Waals surface area contributed by atoms with Gasteiger partial charge in [0.25, 0.3) is 10.1 Å². The Morgan fingerprint density at radius 2 is 1.31 bits per heavy atom. The first kappa shape index (κ1) is 25.5. The molecule has 0 saturated carbocycles. The van der Waals surface area contributed by atoms with Gasteiger partial charge in [0.15, 0.2) is 0 Å². The molecule has 0 radical (unpaired) electrons. The van der Waals surface area contributed by atoms with Gasteiger partial charge >= 0.3 is 0 Å². The second kappa shape index (κ2) is 11.4. The van der Waals surface area contributed by atoms with Gasteiger partial charge in [-0.05, 0) is 43.0 Å². The molecule has 0 atom stereocenters. The van der Waals surface area contributed by atoms with Crippen LogP contribution < -0.4 is 0 Å². The number of alkyl halides is 1. The van der Waals surface area contributed by atoms with Crippen LogP contribution in [0.2, 0.25) is 0 Å². The van der Waals surface area contributed by atoms with Gasteiger partial charge in [0.1, 0.15) is 6.17 Å². The summed E-state index contributed by atoms with van der Waals surface area (Å²) < 4.78 is 42.9. The molecule has 35 heavy (non-hydrogen) atoms. The Morgan fingerprint density at radius 3 is 1.77 bits per heavy atom. The summed E-state index contributed by atoms with van der Waals surface area (Å²) in [6.07, 6.45) is 0.827. The van der Waals surface area contributed by atoms with Gasteiger partial charge in [-0.15, -0.1) is 0 Å². The number of rotatable bonds is 5. The third kappa shape index (κ3) is 6.76. The minimum absolute atomic E-state index is 0.0666. The lowest BCUT2D eigenvalue weighted by Crippen LogP contribution is -2.61. The van der Waals surface area contributed by atoms with E-state index in [1.807, 2.05) is 6.92 Å². The summed E-state index contributed by atoms with van der Waals surface area (Å²) in [5.41, 5.74) is 3.66. The molecule has 2 saturated heterocycles. The monoisotopic (exact) mass is 496 g/mol.